The first-order chi connectivity index (χ1) is 8.81. The van der Waals surface area contributed by atoms with Gasteiger partial charge in [-0.25, -0.2) is 0 Å². The van der Waals surface area contributed by atoms with Crippen LogP contribution in [0, 0.1) is 11.8 Å². The van der Waals surface area contributed by atoms with Gasteiger partial charge in [0.05, 0.1) is 11.5 Å². The minimum Gasteiger partial charge on any atom is -0.383 e. The van der Waals surface area contributed by atoms with Crippen LogP contribution < -0.4 is 5.32 Å². The summed E-state index contributed by atoms with van der Waals surface area (Å²) in [6, 6.07) is 0. The average Bonchev–Trinajstić information content (AvgIpc) is 2.30. The van der Waals surface area contributed by atoms with Crippen molar-refractivity contribution in [2.75, 3.05) is 20.6 Å². The molecule has 0 radical (unpaired) electrons. The minimum absolute atomic E-state index is 0.120. The van der Waals surface area contributed by atoms with Gasteiger partial charge < -0.3 is 10.2 Å². The van der Waals surface area contributed by atoms with E-state index in [0.717, 1.165) is 0 Å². The van der Waals surface area contributed by atoms with E-state index >= 15 is 0 Å². The molecule has 0 aromatic carbocycles. The highest BCUT2D eigenvalue weighted by Crippen LogP contribution is 2.23. The fourth-order valence-corrected chi connectivity index (χ4v) is 1.93. The van der Waals surface area contributed by atoms with Gasteiger partial charge in [0.1, 0.15) is 0 Å². The van der Waals surface area contributed by atoms with Crippen molar-refractivity contribution in [3.05, 3.63) is 11.8 Å². The van der Waals surface area contributed by atoms with E-state index in [4.69, 9.17) is 0 Å². The molecule has 0 unspecified atom stereocenters. The molecule has 19 heavy (non-hydrogen) atoms. The number of rotatable bonds is 4. The number of hydrogen-bond acceptors (Lipinski definition) is 4. The van der Waals surface area contributed by atoms with Crippen molar-refractivity contribution >= 4 is 17.5 Å². The summed E-state index contributed by atoms with van der Waals surface area (Å²) in [5.74, 6) is -0.843. The van der Waals surface area contributed by atoms with Crippen LogP contribution in [-0.2, 0) is 14.4 Å². The molecule has 0 spiro atoms. The van der Waals surface area contributed by atoms with Crippen molar-refractivity contribution in [2.45, 2.75) is 26.7 Å². The van der Waals surface area contributed by atoms with Gasteiger partial charge in [0, 0.05) is 39.7 Å². The molecule has 1 aliphatic rings. The number of allylic oxidation sites excluding steroid dienone is 1. The molecule has 0 aromatic rings. The summed E-state index contributed by atoms with van der Waals surface area (Å²) < 4.78 is 0. The second-order valence-corrected chi connectivity index (χ2v) is 5.60. The third-order valence-electron chi connectivity index (χ3n) is 2.91. The largest absolute Gasteiger partial charge is 0.383 e. The molecule has 1 fully saturated rings. The van der Waals surface area contributed by atoms with Gasteiger partial charge in [-0.3, -0.25) is 14.4 Å². The molecule has 1 aliphatic carbocycles. The van der Waals surface area contributed by atoms with Crippen molar-refractivity contribution in [1.29, 1.82) is 0 Å². The lowest BCUT2D eigenvalue weighted by molar-refractivity contribution is -0.134. The SMILES string of the molecule is CC(C)CNC(=O)C1CC(=O)C(=CN(C)C)C(=O)C1. The van der Waals surface area contributed by atoms with E-state index in [-0.39, 0.29) is 35.9 Å². The number of ketones is 2. The van der Waals surface area contributed by atoms with Crippen LogP contribution >= 0.6 is 0 Å². The van der Waals surface area contributed by atoms with Gasteiger partial charge >= 0.3 is 0 Å². The first kappa shape index (κ1) is 15.4. The van der Waals surface area contributed by atoms with Crippen LogP contribution in [0.5, 0.6) is 0 Å². The third kappa shape index (κ3) is 4.50. The highest BCUT2D eigenvalue weighted by atomic mass is 16.2. The zero-order chi connectivity index (χ0) is 14.6. The average molecular weight is 266 g/mol. The molecule has 0 atom stereocenters. The highest BCUT2D eigenvalue weighted by molar-refractivity contribution is 6.23. The summed E-state index contributed by atoms with van der Waals surface area (Å²) in [6.07, 6.45) is 1.78. The Balaban J connectivity index is 2.67. The van der Waals surface area contributed by atoms with Crippen molar-refractivity contribution in [3.8, 4) is 0 Å². The molecule has 106 valence electrons. The van der Waals surface area contributed by atoms with Crippen molar-refractivity contribution in [3.63, 3.8) is 0 Å². The van der Waals surface area contributed by atoms with Gasteiger partial charge in [0.2, 0.25) is 5.91 Å². The molecule has 0 heterocycles. The Morgan fingerprint density at radius 2 is 1.84 bits per heavy atom. The molecule has 5 nitrogen and oxygen atoms in total. The van der Waals surface area contributed by atoms with Gasteiger partial charge in [0.25, 0.3) is 0 Å². The fourth-order valence-electron chi connectivity index (χ4n) is 1.93. The molecule has 5 heteroatoms. The topological polar surface area (TPSA) is 66.5 Å². The zero-order valence-electron chi connectivity index (χ0n) is 12.0. The molecule has 1 N–H and O–H groups in total. The Bertz CT molecular complexity index is 391. The molecule has 1 amide bonds. The highest BCUT2D eigenvalue weighted by Gasteiger charge is 2.34. The van der Waals surface area contributed by atoms with Gasteiger partial charge in [-0.05, 0) is 5.92 Å². The van der Waals surface area contributed by atoms with Crippen LogP contribution in [0.25, 0.3) is 0 Å². The Morgan fingerprint density at radius 3 is 2.26 bits per heavy atom. The monoisotopic (exact) mass is 266 g/mol. The van der Waals surface area contributed by atoms with Crippen LogP contribution in [0.4, 0.5) is 0 Å². The lowest BCUT2D eigenvalue weighted by Crippen LogP contribution is -2.39. The van der Waals surface area contributed by atoms with Crippen LogP contribution in [0.1, 0.15) is 26.7 Å². The summed E-state index contributed by atoms with van der Waals surface area (Å²) in [6.45, 7) is 4.56. The van der Waals surface area contributed by atoms with Gasteiger partial charge in [0.15, 0.2) is 11.6 Å². The molecular formula is C14H22N2O3. The van der Waals surface area contributed by atoms with E-state index in [1.807, 2.05) is 13.8 Å². The lowest BCUT2D eigenvalue weighted by Gasteiger charge is -2.22. The van der Waals surface area contributed by atoms with Crippen molar-refractivity contribution in [1.82, 2.24) is 10.2 Å². The van der Waals surface area contributed by atoms with Crippen LogP contribution in [-0.4, -0.2) is 43.0 Å². The maximum absolute atomic E-state index is 11.9. The number of amides is 1. The standard InChI is InChI=1S/C14H22N2O3/c1-9(2)7-15-14(19)10-5-12(17)11(8-16(3)4)13(18)6-10/h8-10H,5-7H2,1-4H3,(H,15,19). The summed E-state index contributed by atoms with van der Waals surface area (Å²) >= 11 is 0. The maximum Gasteiger partial charge on any atom is 0.224 e. The molecule has 0 aromatic heterocycles. The smallest absolute Gasteiger partial charge is 0.224 e. The first-order valence-corrected chi connectivity index (χ1v) is 6.53. The number of carbonyl (C=O) groups excluding carboxylic acids is 3. The second kappa shape index (κ2) is 6.50. The molecule has 0 saturated heterocycles. The normalized spacial score (nSPS) is 19.6. The van der Waals surface area contributed by atoms with Gasteiger partial charge in [-0.15, -0.1) is 0 Å². The molecule has 0 bridgehead atoms. The summed E-state index contributed by atoms with van der Waals surface area (Å²) in [7, 11) is 3.52. The maximum atomic E-state index is 11.9. The lowest BCUT2D eigenvalue weighted by atomic mass is 9.83. The number of hydrogen-bond donors (Lipinski definition) is 1. The Kier molecular flexibility index (Phi) is 5.27. The number of nitrogens with one attached hydrogen (secondary N) is 1. The number of carbonyl (C=O) groups is 3. The molecule has 1 rings (SSSR count). The Morgan fingerprint density at radius 1 is 1.32 bits per heavy atom. The second-order valence-electron chi connectivity index (χ2n) is 5.60. The summed E-state index contributed by atoms with van der Waals surface area (Å²) in [4.78, 5) is 37.3. The number of nitrogens with zero attached hydrogens (tertiary/aromatic N) is 1. The van der Waals surface area contributed by atoms with E-state index in [1.54, 1.807) is 19.0 Å². The zero-order valence-corrected chi connectivity index (χ0v) is 12.0. The number of Topliss-reactive ketones (excluding diaryl/α,β-unsaturated/α-hetero) is 2. The molecular weight excluding hydrogens is 244 g/mol. The Labute approximate surface area is 114 Å². The fraction of sp³-hybridized carbons (Fsp3) is 0.643. The van der Waals surface area contributed by atoms with Crippen molar-refractivity contribution in [2.24, 2.45) is 11.8 Å². The van der Waals surface area contributed by atoms with Gasteiger partial charge in [-0.1, -0.05) is 13.8 Å². The van der Waals surface area contributed by atoms with Crippen molar-refractivity contribution < 1.29 is 14.4 Å². The Hall–Kier alpha value is -1.65. The quantitative estimate of drug-likeness (QED) is 0.602. The molecule has 1 saturated carbocycles. The molecule has 0 aliphatic heterocycles. The third-order valence-corrected chi connectivity index (χ3v) is 2.91. The summed E-state index contributed by atoms with van der Waals surface area (Å²) in [5.41, 5.74) is 0.206. The van der Waals surface area contributed by atoms with E-state index in [1.165, 1.54) is 6.20 Å². The predicted octanol–water partition coefficient (Wildman–Crippen LogP) is 0.752. The van der Waals surface area contributed by atoms with Gasteiger partial charge in [-0.2, -0.15) is 0 Å². The van der Waals surface area contributed by atoms with Crippen LogP contribution in [0.2, 0.25) is 0 Å². The summed E-state index contributed by atoms with van der Waals surface area (Å²) in [5, 5.41) is 2.78. The van der Waals surface area contributed by atoms with E-state index < -0.39 is 5.92 Å². The van der Waals surface area contributed by atoms with E-state index in [0.29, 0.717) is 12.5 Å². The minimum atomic E-state index is -0.516. The van der Waals surface area contributed by atoms with E-state index in [2.05, 4.69) is 5.32 Å². The van der Waals surface area contributed by atoms with Crippen LogP contribution in [0.3, 0.4) is 0 Å². The predicted molar refractivity (Wildman–Crippen MR) is 72.4 cm³/mol. The van der Waals surface area contributed by atoms with Crippen LogP contribution in [0.15, 0.2) is 11.8 Å². The van der Waals surface area contributed by atoms with E-state index in [9.17, 15) is 14.4 Å². The first-order valence-electron chi connectivity index (χ1n) is 6.53.